The van der Waals surface area contributed by atoms with Gasteiger partial charge in [-0.3, -0.25) is 4.90 Å². The second-order valence-electron chi connectivity index (χ2n) is 8.14. The van der Waals surface area contributed by atoms with Crippen molar-refractivity contribution in [1.82, 2.24) is 14.9 Å². The maximum atomic E-state index is 5.89. The fourth-order valence-electron chi connectivity index (χ4n) is 3.79. The first-order chi connectivity index (χ1) is 15.1. The van der Waals surface area contributed by atoms with Crippen LogP contribution in [0.25, 0.3) is 0 Å². The zero-order valence-corrected chi connectivity index (χ0v) is 18.6. The van der Waals surface area contributed by atoms with Crippen molar-refractivity contribution in [3.05, 3.63) is 65.9 Å². The van der Waals surface area contributed by atoms with Crippen molar-refractivity contribution in [1.29, 1.82) is 0 Å². The highest BCUT2D eigenvalue weighted by atomic mass is 16.5. The predicted octanol–water partition coefficient (Wildman–Crippen LogP) is 5.08. The monoisotopic (exact) mass is 417 g/mol. The molecule has 2 aromatic carbocycles. The summed E-state index contributed by atoms with van der Waals surface area (Å²) in [7, 11) is 2.03. The lowest BCUT2D eigenvalue weighted by Crippen LogP contribution is -2.25. The summed E-state index contributed by atoms with van der Waals surface area (Å²) in [5.74, 6) is 2.33. The fourth-order valence-corrected chi connectivity index (χ4v) is 3.79. The molecule has 1 aliphatic rings. The molecule has 3 aromatic rings. The van der Waals surface area contributed by atoms with E-state index in [4.69, 9.17) is 9.72 Å². The van der Waals surface area contributed by atoms with Gasteiger partial charge in [-0.05, 0) is 76.2 Å². The molecule has 0 radical (unpaired) electrons. The quantitative estimate of drug-likeness (QED) is 0.552. The Balaban J connectivity index is 1.38. The molecule has 0 unspecified atom stereocenters. The number of rotatable bonds is 8. The van der Waals surface area contributed by atoms with Gasteiger partial charge in [0.15, 0.2) is 0 Å². The Kier molecular flexibility index (Phi) is 6.67. The molecule has 162 valence electrons. The Labute approximate surface area is 184 Å². The van der Waals surface area contributed by atoms with E-state index in [-0.39, 0.29) is 0 Å². The molecule has 1 aromatic heterocycles. The van der Waals surface area contributed by atoms with E-state index in [0.717, 1.165) is 41.7 Å². The number of ether oxygens (including phenoxy) is 1. The molecular weight excluding hydrogens is 386 g/mol. The van der Waals surface area contributed by atoms with E-state index < -0.39 is 0 Å². The van der Waals surface area contributed by atoms with Crippen molar-refractivity contribution in [2.24, 2.45) is 0 Å². The summed E-state index contributed by atoms with van der Waals surface area (Å²) in [4.78, 5) is 13.7. The second-order valence-corrected chi connectivity index (χ2v) is 8.14. The molecule has 1 saturated heterocycles. The summed E-state index contributed by atoms with van der Waals surface area (Å²) in [6.07, 6.45) is 4.47. The SMILES string of the molecule is Cc1ccc(N(C)c2nc(Nc3ccc(OCCN4CCCC4)cc3)ncc2C)cc1. The van der Waals surface area contributed by atoms with Gasteiger partial charge in [0.1, 0.15) is 18.2 Å². The number of aryl methyl sites for hydroxylation is 2. The third kappa shape index (κ3) is 5.52. The minimum Gasteiger partial charge on any atom is -0.492 e. The van der Waals surface area contributed by atoms with Gasteiger partial charge in [-0.15, -0.1) is 0 Å². The molecule has 0 saturated carbocycles. The number of hydrogen-bond acceptors (Lipinski definition) is 6. The predicted molar refractivity (Wildman–Crippen MR) is 127 cm³/mol. The Bertz CT molecular complexity index is 982. The maximum Gasteiger partial charge on any atom is 0.229 e. The lowest BCUT2D eigenvalue weighted by molar-refractivity contribution is 0.238. The molecule has 4 rings (SSSR count). The summed E-state index contributed by atoms with van der Waals surface area (Å²) in [5, 5.41) is 3.30. The molecule has 1 N–H and O–H groups in total. The average molecular weight is 418 g/mol. The van der Waals surface area contributed by atoms with E-state index >= 15 is 0 Å². The lowest BCUT2D eigenvalue weighted by Gasteiger charge is -2.21. The zero-order valence-electron chi connectivity index (χ0n) is 18.6. The third-order valence-corrected chi connectivity index (χ3v) is 5.67. The molecule has 0 atom stereocenters. The van der Waals surface area contributed by atoms with Crippen LogP contribution < -0.4 is 15.0 Å². The highest BCUT2D eigenvalue weighted by Crippen LogP contribution is 2.26. The number of hydrogen-bond donors (Lipinski definition) is 1. The largest absolute Gasteiger partial charge is 0.492 e. The van der Waals surface area contributed by atoms with Gasteiger partial charge in [0.2, 0.25) is 5.95 Å². The van der Waals surface area contributed by atoms with Crippen LogP contribution in [0, 0.1) is 13.8 Å². The molecule has 0 bridgehead atoms. The first-order valence-corrected chi connectivity index (χ1v) is 10.9. The number of nitrogens with zero attached hydrogens (tertiary/aromatic N) is 4. The molecule has 1 aliphatic heterocycles. The average Bonchev–Trinajstić information content (AvgIpc) is 3.30. The van der Waals surface area contributed by atoms with E-state index in [1.807, 2.05) is 44.4 Å². The molecule has 0 amide bonds. The van der Waals surface area contributed by atoms with Crippen LogP contribution in [-0.2, 0) is 0 Å². The van der Waals surface area contributed by atoms with Crippen molar-refractivity contribution < 1.29 is 4.74 Å². The number of benzene rings is 2. The van der Waals surface area contributed by atoms with Crippen molar-refractivity contribution in [3.8, 4) is 5.75 Å². The molecule has 1 fully saturated rings. The van der Waals surface area contributed by atoms with Gasteiger partial charge in [0.05, 0.1) is 0 Å². The van der Waals surface area contributed by atoms with Crippen LogP contribution in [0.5, 0.6) is 5.75 Å². The van der Waals surface area contributed by atoms with Crippen molar-refractivity contribution in [2.75, 3.05) is 43.5 Å². The van der Waals surface area contributed by atoms with Crippen molar-refractivity contribution in [3.63, 3.8) is 0 Å². The highest BCUT2D eigenvalue weighted by Gasteiger charge is 2.12. The molecule has 31 heavy (non-hydrogen) atoms. The molecule has 2 heterocycles. The second kappa shape index (κ2) is 9.79. The number of anilines is 4. The van der Waals surface area contributed by atoms with Gasteiger partial charge in [0.25, 0.3) is 0 Å². The van der Waals surface area contributed by atoms with E-state index in [1.54, 1.807) is 0 Å². The molecule has 0 aliphatic carbocycles. The standard InChI is InChI=1S/C25H31N5O/c1-19-6-10-22(11-7-19)29(3)24-20(2)18-26-25(28-24)27-21-8-12-23(13-9-21)31-17-16-30-14-4-5-15-30/h6-13,18H,4-5,14-17H2,1-3H3,(H,26,27,28). The summed E-state index contributed by atoms with van der Waals surface area (Å²) in [5.41, 5.74) is 4.28. The van der Waals surface area contributed by atoms with Crippen LogP contribution in [0.3, 0.4) is 0 Å². The fraction of sp³-hybridized carbons (Fsp3) is 0.360. The van der Waals surface area contributed by atoms with Crippen molar-refractivity contribution in [2.45, 2.75) is 26.7 Å². The first-order valence-electron chi connectivity index (χ1n) is 10.9. The molecule has 0 spiro atoms. The van der Waals surface area contributed by atoms with Gasteiger partial charge in [-0.2, -0.15) is 4.98 Å². The van der Waals surface area contributed by atoms with Gasteiger partial charge in [0, 0.05) is 36.7 Å². The van der Waals surface area contributed by atoms with Crippen molar-refractivity contribution >= 4 is 23.1 Å². The van der Waals surface area contributed by atoms with Crippen LogP contribution in [0.4, 0.5) is 23.1 Å². The Morgan fingerprint density at radius 3 is 2.42 bits per heavy atom. The van der Waals surface area contributed by atoms with Gasteiger partial charge in [-0.1, -0.05) is 17.7 Å². The van der Waals surface area contributed by atoms with Crippen LogP contribution in [0.15, 0.2) is 54.7 Å². The van der Waals surface area contributed by atoms with E-state index in [0.29, 0.717) is 5.95 Å². The van der Waals surface area contributed by atoms with Crippen LogP contribution in [0.2, 0.25) is 0 Å². The van der Waals surface area contributed by atoms with Crippen LogP contribution in [-0.4, -0.2) is 48.2 Å². The Hall–Kier alpha value is -3.12. The third-order valence-electron chi connectivity index (χ3n) is 5.67. The highest BCUT2D eigenvalue weighted by molar-refractivity contribution is 5.64. The van der Waals surface area contributed by atoms with E-state index in [1.165, 1.54) is 31.5 Å². The van der Waals surface area contributed by atoms with Gasteiger partial charge >= 0.3 is 0 Å². The number of likely N-dealkylation sites (tertiary alicyclic amines) is 1. The first kappa shape index (κ1) is 21.1. The number of nitrogens with one attached hydrogen (secondary N) is 1. The summed E-state index contributed by atoms with van der Waals surface area (Å²) >= 11 is 0. The number of aromatic nitrogens is 2. The smallest absolute Gasteiger partial charge is 0.229 e. The molecule has 6 nitrogen and oxygen atoms in total. The Morgan fingerprint density at radius 2 is 1.71 bits per heavy atom. The van der Waals surface area contributed by atoms with E-state index in [9.17, 15) is 0 Å². The summed E-state index contributed by atoms with van der Waals surface area (Å²) in [6, 6.07) is 16.4. The Morgan fingerprint density at radius 1 is 1.00 bits per heavy atom. The van der Waals surface area contributed by atoms with Crippen LogP contribution in [0.1, 0.15) is 24.0 Å². The summed E-state index contributed by atoms with van der Waals surface area (Å²) in [6.45, 7) is 8.23. The lowest BCUT2D eigenvalue weighted by atomic mass is 10.2. The summed E-state index contributed by atoms with van der Waals surface area (Å²) < 4.78 is 5.89. The molecular formula is C25H31N5O. The minimum absolute atomic E-state index is 0.572. The zero-order chi connectivity index (χ0) is 21.6. The minimum atomic E-state index is 0.572. The maximum absolute atomic E-state index is 5.89. The molecule has 6 heteroatoms. The topological polar surface area (TPSA) is 53.5 Å². The van der Waals surface area contributed by atoms with Gasteiger partial charge < -0.3 is 15.0 Å². The van der Waals surface area contributed by atoms with Gasteiger partial charge in [-0.25, -0.2) is 4.98 Å². The van der Waals surface area contributed by atoms with E-state index in [2.05, 4.69) is 51.3 Å². The normalized spacial score (nSPS) is 13.9. The van der Waals surface area contributed by atoms with Crippen LogP contribution >= 0.6 is 0 Å².